The van der Waals surface area contributed by atoms with Crippen LogP contribution in [0, 0.1) is 0 Å². The second kappa shape index (κ2) is 7.47. The maximum atomic E-state index is 12.8. The summed E-state index contributed by atoms with van der Waals surface area (Å²) >= 11 is 6.26. The summed E-state index contributed by atoms with van der Waals surface area (Å²) < 4.78 is 6.05. The van der Waals surface area contributed by atoms with Gasteiger partial charge in [-0.1, -0.05) is 23.7 Å². The van der Waals surface area contributed by atoms with Crippen molar-refractivity contribution in [3.63, 3.8) is 0 Å². The quantitative estimate of drug-likeness (QED) is 0.534. The van der Waals surface area contributed by atoms with Crippen LogP contribution < -0.4 is 10.7 Å². The number of hydrogen-bond donors (Lipinski definition) is 4. The van der Waals surface area contributed by atoms with Gasteiger partial charge in [-0.2, -0.15) is 0 Å². The van der Waals surface area contributed by atoms with Crippen molar-refractivity contribution in [2.75, 3.05) is 13.2 Å². The summed E-state index contributed by atoms with van der Waals surface area (Å²) in [5, 5.41) is 34.0. The van der Waals surface area contributed by atoms with Gasteiger partial charge in [0.25, 0.3) is 0 Å². The Morgan fingerprint density at radius 1 is 1.18 bits per heavy atom. The lowest BCUT2D eigenvalue weighted by Gasteiger charge is -2.21. The summed E-state index contributed by atoms with van der Waals surface area (Å²) in [6.45, 7) is 0.714. The van der Waals surface area contributed by atoms with Crippen LogP contribution in [0.15, 0.2) is 45.6 Å². The van der Waals surface area contributed by atoms with Crippen LogP contribution in [0.1, 0.15) is 24.3 Å². The van der Waals surface area contributed by atoms with E-state index in [9.17, 15) is 20.1 Å². The predicted octanol–water partition coefficient (Wildman–Crippen LogP) is 3.35. The lowest BCUT2D eigenvalue weighted by atomic mass is 9.88. The fourth-order valence-corrected chi connectivity index (χ4v) is 4.26. The highest BCUT2D eigenvalue weighted by Crippen LogP contribution is 2.43. The van der Waals surface area contributed by atoms with E-state index in [2.05, 4.69) is 5.32 Å². The minimum Gasteiger partial charge on any atom is -0.507 e. The monoisotopic (exact) mass is 401 g/mol. The molecular formula is C21H20ClNO5. The molecule has 7 heteroatoms. The van der Waals surface area contributed by atoms with E-state index in [-0.39, 0.29) is 46.8 Å². The zero-order valence-electron chi connectivity index (χ0n) is 15.0. The van der Waals surface area contributed by atoms with Crippen LogP contribution in [0.3, 0.4) is 0 Å². The standard InChI is InChI=1S/C21H20ClNO5/c22-13-4-2-1-3-11(13)18-10-17(27)20-16(26)9-15(25)19(21(20)28-18)12-5-7-23-14(12)6-8-24/h1-4,9-10,12,14,23-26H,5-8H2. The second-order valence-corrected chi connectivity index (χ2v) is 7.36. The van der Waals surface area contributed by atoms with Gasteiger partial charge in [-0.05, 0) is 31.5 Å². The van der Waals surface area contributed by atoms with E-state index in [1.807, 2.05) is 0 Å². The van der Waals surface area contributed by atoms with Crippen molar-refractivity contribution < 1.29 is 19.7 Å². The predicted molar refractivity (Wildman–Crippen MR) is 107 cm³/mol. The molecule has 0 aliphatic carbocycles. The van der Waals surface area contributed by atoms with Crippen molar-refractivity contribution in [1.82, 2.24) is 5.32 Å². The van der Waals surface area contributed by atoms with Crippen molar-refractivity contribution >= 4 is 22.6 Å². The molecular weight excluding hydrogens is 382 g/mol. The fraction of sp³-hybridized carbons (Fsp3) is 0.286. The molecule has 2 atom stereocenters. The first-order valence-corrected chi connectivity index (χ1v) is 9.51. The number of rotatable bonds is 4. The van der Waals surface area contributed by atoms with Gasteiger partial charge in [0.05, 0.1) is 5.02 Å². The van der Waals surface area contributed by atoms with E-state index in [0.717, 1.165) is 0 Å². The fourth-order valence-electron chi connectivity index (χ4n) is 4.03. The number of nitrogens with one attached hydrogen (secondary N) is 1. The van der Waals surface area contributed by atoms with Crippen LogP contribution in [0.25, 0.3) is 22.3 Å². The van der Waals surface area contributed by atoms with Gasteiger partial charge in [0.2, 0.25) is 0 Å². The smallest absolute Gasteiger partial charge is 0.197 e. The van der Waals surface area contributed by atoms with E-state index in [0.29, 0.717) is 35.5 Å². The molecule has 6 nitrogen and oxygen atoms in total. The minimum atomic E-state index is -0.417. The Labute approximate surface area is 166 Å². The first-order chi connectivity index (χ1) is 13.5. The molecule has 1 saturated heterocycles. The molecule has 0 spiro atoms. The number of aromatic hydroxyl groups is 2. The van der Waals surface area contributed by atoms with Gasteiger partial charge in [-0.25, -0.2) is 0 Å². The number of aliphatic hydroxyl groups excluding tert-OH is 1. The lowest BCUT2D eigenvalue weighted by molar-refractivity contribution is 0.265. The normalized spacial score (nSPS) is 19.4. The number of phenolic OH excluding ortho intramolecular Hbond substituents is 2. The first-order valence-electron chi connectivity index (χ1n) is 9.13. The summed E-state index contributed by atoms with van der Waals surface area (Å²) in [6, 6.07) is 9.39. The second-order valence-electron chi connectivity index (χ2n) is 6.96. The Hall–Kier alpha value is -2.54. The molecule has 1 aromatic heterocycles. The zero-order chi connectivity index (χ0) is 19.8. The highest BCUT2D eigenvalue weighted by Gasteiger charge is 2.33. The van der Waals surface area contributed by atoms with E-state index in [4.69, 9.17) is 16.0 Å². The highest BCUT2D eigenvalue weighted by molar-refractivity contribution is 6.33. The topological polar surface area (TPSA) is 103 Å². The molecule has 0 saturated carbocycles. The van der Waals surface area contributed by atoms with E-state index >= 15 is 0 Å². The Bertz CT molecular complexity index is 1090. The molecule has 2 aromatic carbocycles. The number of halogens is 1. The summed E-state index contributed by atoms with van der Waals surface area (Å²) in [5.74, 6) is -0.375. The number of benzene rings is 2. The van der Waals surface area contributed by atoms with Crippen molar-refractivity contribution in [3.05, 3.63) is 57.2 Å². The molecule has 4 rings (SSSR count). The largest absolute Gasteiger partial charge is 0.507 e. The third-order valence-corrected chi connectivity index (χ3v) is 5.63. The Morgan fingerprint density at radius 2 is 1.96 bits per heavy atom. The maximum Gasteiger partial charge on any atom is 0.197 e. The maximum absolute atomic E-state index is 12.8. The highest BCUT2D eigenvalue weighted by atomic mass is 35.5. The average Bonchev–Trinajstić information content (AvgIpc) is 3.09. The first kappa shape index (κ1) is 18.8. The van der Waals surface area contributed by atoms with Gasteiger partial charge in [0.1, 0.15) is 28.2 Å². The van der Waals surface area contributed by atoms with Crippen LogP contribution in [-0.4, -0.2) is 34.5 Å². The lowest BCUT2D eigenvalue weighted by Crippen LogP contribution is -2.27. The van der Waals surface area contributed by atoms with Crippen LogP contribution in [-0.2, 0) is 0 Å². The summed E-state index contributed by atoms with van der Waals surface area (Å²) in [5.41, 5.74) is 0.742. The van der Waals surface area contributed by atoms with E-state index in [1.54, 1.807) is 24.3 Å². The van der Waals surface area contributed by atoms with Crippen LogP contribution in [0.5, 0.6) is 11.5 Å². The van der Waals surface area contributed by atoms with Gasteiger partial charge in [-0.3, -0.25) is 4.79 Å². The molecule has 0 bridgehead atoms. The molecule has 0 radical (unpaired) electrons. The molecule has 2 unspecified atom stereocenters. The molecule has 146 valence electrons. The van der Waals surface area contributed by atoms with Crippen LogP contribution in [0.4, 0.5) is 0 Å². The minimum absolute atomic E-state index is 0.000232. The van der Waals surface area contributed by atoms with Gasteiger partial charge in [-0.15, -0.1) is 0 Å². The number of phenols is 2. The Balaban J connectivity index is 2.00. The molecule has 0 amide bonds. The number of fused-ring (bicyclic) bond motifs is 1. The SMILES string of the molecule is O=c1cc(-c2ccccc2Cl)oc2c(C3CCNC3CCO)c(O)cc(O)c12. The van der Waals surface area contributed by atoms with Crippen LogP contribution in [0.2, 0.25) is 5.02 Å². The van der Waals surface area contributed by atoms with Crippen molar-refractivity contribution in [2.45, 2.75) is 24.8 Å². The van der Waals surface area contributed by atoms with Gasteiger partial charge >= 0.3 is 0 Å². The number of hydrogen-bond acceptors (Lipinski definition) is 6. The molecule has 2 heterocycles. The third kappa shape index (κ3) is 3.13. The van der Waals surface area contributed by atoms with Crippen LogP contribution >= 0.6 is 11.6 Å². The van der Waals surface area contributed by atoms with Gasteiger partial charge in [0.15, 0.2) is 5.43 Å². The Morgan fingerprint density at radius 3 is 2.71 bits per heavy atom. The number of aliphatic hydroxyl groups is 1. The molecule has 1 aliphatic rings. The van der Waals surface area contributed by atoms with Crippen molar-refractivity contribution in [1.29, 1.82) is 0 Å². The summed E-state index contributed by atoms with van der Waals surface area (Å²) in [4.78, 5) is 12.8. The summed E-state index contributed by atoms with van der Waals surface area (Å²) in [7, 11) is 0. The van der Waals surface area contributed by atoms with Crippen molar-refractivity contribution in [3.8, 4) is 22.8 Å². The zero-order valence-corrected chi connectivity index (χ0v) is 15.7. The molecule has 1 fully saturated rings. The van der Waals surface area contributed by atoms with Crippen molar-refractivity contribution in [2.24, 2.45) is 0 Å². The average molecular weight is 402 g/mol. The van der Waals surface area contributed by atoms with E-state index in [1.165, 1.54) is 12.1 Å². The molecule has 4 N–H and O–H groups in total. The summed E-state index contributed by atoms with van der Waals surface area (Å²) in [6.07, 6.45) is 1.21. The van der Waals surface area contributed by atoms with Gasteiger partial charge < -0.3 is 25.1 Å². The molecule has 1 aliphatic heterocycles. The Kier molecular flexibility index (Phi) is 5.02. The van der Waals surface area contributed by atoms with Gasteiger partial charge in [0, 0.05) is 41.8 Å². The molecule has 28 heavy (non-hydrogen) atoms. The van der Waals surface area contributed by atoms with E-state index < -0.39 is 5.43 Å². The third-order valence-electron chi connectivity index (χ3n) is 5.30. The molecule has 3 aromatic rings.